The van der Waals surface area contributed by atoms with Gasteiger partial charge in [-0.25, -0.2) is 0 Å². The zero-order valence-electron chi connectivity index (χ0n) is 19.7. The van der Waals surface area contributed by atoms with Gasteiger partial charge in [-0.15, -0.1) is 0 Å². The van der Waals surface area contributed by atoms with Crippen molar-refractivity contribution < 1.29 is 34.1 Å². The van der Waals surface area contributed by atoms with Crippen molar-refractivity contribution >= 4 is 11.6 Å². The number of carbonyl (C=O) groups excluding carboxylic acids is 2. The van der Waals surface area contributed by atoms with Gasteiger partial charge in [0.15, 0.2) is 5.76 Å². The lowest BCUT2D eigenvalue weighted by atomic mass is 9.37. The normalized spacial score (nSPS) is 52.2. The molecule has 1 spiro atoms. The number of ketones is 2. The third-order valence-electron chi connectivity index (χ3n) is 10.7. The van der Waals surface area contributed by atoms with Crippen LogP contribution in [0.2, 0.25) is 0 Å². The second-order valence-corrected chi connectivity index (χ2v) is 12.2. The largest absolute Gasteiger partial charge is 0.504 e. The van der Waals surface area contributed by atoms with Gasteiger partial charge in [-0.1, -0.05) is 13.8 Å². The lowest BCUT2D eigenvalue weighted by Gasteiger charge is -2.65. The predicted octanol–water partition coefficient (Wildman–Crippen LogP) is 3.06. The third-order valence-corrected chi connectivity index (χ3v) is 10.7. The number of aliphatic hydroxyl groups is 3. The number of aliphatic hydroxyl groups excluding tert-OH is 3. The van der Waals surface area contributed by atoms with E-state index < -0.39 is 56.9 Å². The molecule has 0 amide bonds. The molecule has 33 heavy (non-hydrogen) atoms. The van der Waals surface area contributed by atoms with Gasteiger partial charge in [-0.05, 0) is 56.7 Å². The van der Waals surface area contributed by atoms with Gasteiger partial charge in [0, 0.05) is 28.6 Å². The number of hydrogen-bond donors (Lipinski definition) is 3. The topological polar surface area (TPSA) is 120 Å². The molecule has 0 aromatic carbocycles. The first kappa shape index (κ1) is 21.6. The molecule has 7 nitrogen and oxygen atoms in total. The fourth-order valence-electron chi connectivity index (χ4n) is 9.33. The molecular weight excluding hydrogens is 424 g/mol. The summed E-state index contributed by atoms with van der Waals surface area (Å²) in [5.41, 5.74) is -3.70. The second-order valence-electron chi connectivity index (χ2n) is 12.2. The van der Waals surface area contributed by atoms with Crippen LogP contribution in [0.1, 0.15) is 65.4 Å². The van der Waals surface area contributed by atoms with Crippen molar-refractivity contribution in [2.24, 2.45) is 27.6 Å². The first-order valence-corrected chi connectivity index (χ1v) is 11.9. The van der Waals surface area contributed by atoms with Crippen LogP contribution in [-0.4, -0.2) is 50.8 Å². The Morgan fingerprint density at radius 3 is 2.42 bits per heavy atom. The third kappa shape index (κ3) is 1.99. The highest BCUT2D eigenvalue weighted by Gasteiger charge is 2.89. The number of rotatable bonds is 1. The Kier molecular flexibility index (Phi) is 3.80. The molecular formula is C26H32O7. The molecule has 6 rings (SSSR count). The van der Waals surface area contributed by atoms with Gasteiger partial charge in [-0.2, -0.15) is 0 Å². The summed E-state index contributed by atoms with van der Waals surface area (Å²) in [6.07, 6.45) is 2.10. The Hall–Kier alpha value is -1.96. The van der Waals surface area contributed by atoms with Crippen LogP contribution in [0.5, 0.6) is 0 Å². The number of carbonyl (C=O) groups is 2. The van der Waals surface area contributed by atoms with Crippen molar-refractivity contribution in [1.82, 2.24) is 0 Å². The van der Waals surface area contributed by atoms with Gasteiger partial charge in [0.2, 0.25) is 5.78 Å². The first-order chi connectivity index (χ1) is 15.3. The van der Waals surface area contributed by atoms with Gasteiger partial charge in [0.05, 0.1) is 36.3 Å². The Labute approximate surface area is 192 Å². The first-order valence-electron chi connectivity index (χ1n) is 11.9. The SMILES string of the molecule is CC1(C)C(=O)C[C@H](O)[C@@]2(C)C1=C(O)C(=O)[C@]1(C)[C@@H]2[C@@H](O)C[C@@]2(C)[C@H](c3ccoc3)C[C@H]3O[C@]321. The molecule has 4 aliphatic carbocycles. The van der Waals surface area contributed by atoms with Crippen LogP contribution in [-0.2, 0) is 14.3 Å². The molecule has 7 heteroatoms. The minimum Gasteiger partial charge on any atom is -0.504 e. The smallest absolute Gasteiger partial charge is 0.206 e. The van der Waals surface area contributed by atoms with Gasteiger partial charge in [0.1, 0.15) is 11.4 Å². The molecule has 1 aromatic heterocycles. The second kappa shape index (κ2) is 5.81. The molecule has 178 valence electrons. The number of epoxide rings is 1. The number of fused-ring (bicyclic) bond motifs is 3. The van der Waals surface area contributed by atoms with E-state index in [1.165, 1.54) is 0 Å². The van der Waals surface area contributed by atoms with Crippen LogP contribution in [0.3, 0.4) is 0 Å². The molecule has 5 aliphatic rings. The molecule has 1 aromatic rings. The summed E-state index contributed by atoms with van der Waals surface area (Å²) in [4.78, 5) is 27.0. The summed E-state index contributed by atoms with van der Waals surface area (Å²) in [5, 5.41) is 34.5. The molecule has 1 aliphatic heterocycles. The van der Waals surface area contributed by atoms with Crippen LogP contribution >= 0.6 is 0 Å². The summed E-state index contributed by atoms with van der Waals surface area (Å²) in [5.74, 6) is -1.83. The maximum absolute atomic E-state index is 14.1. The lowest BCUT2D eigenvalue weighted by Crippen LogP contribution is -2.72. The van der Waals surface area contributed by atoms with Crippen LogP contribution < -0.4 is 0 Å². The van der Waals surface area contributed by atoms with E-state index in [0.717, 1.165) is 5.56 Å². The Balaban J connectivity index is 1.60. The monoisotopic (exact) mass is 456 g/mol. The molecule has 2 heterocycles. The van der Waals surface area contributed by atoms with Crippen LogP contribution in [0.25, 0.3) is 0 Å². The van der Waals surface area contributed by atoms with Crippen LogP contribution in [0, 0.1) is 27.6 Å². The summed E-state index contributed by atoms with van der Waals surface area (Å²) in [6, 6.07) is 1.92. The minimum absolute atomic E-state index is 0.0323. The van der Waals surface area contributed by atoms with E-state index in [4.69, 9.17) is 9.15 Å². The zero-order valence-corrected chi connectivity index (χ0v) is 19.7. The van der Waals surface area contributed by atoms with Crippen molar-refractivity contribution in [3.8, 4) is 0 Å². The zero-order chi connectivity index (χ0) is 23.9. The minimum atomic E-state index is -1.26. The van der Waals surface area contributed by atoms with Crippen molar-refractivity contribution in [3.05, 3.63) is 35.5 Å². The van der Waals surface area contributed by atoms with E-state index in [1.807, 2.05) is 6.07 Å². The highest BCUT2D eigenvalue weighted by Crippen LogP contribution is 2.81. The van der Waals surface area contributed by atoms with Crippen molar-refractivity contribution in [2.45, 2.75) is 83.7 Å². The van der Waals surface area contributed by atoms with Crippen molar-refractivity contribution in [3.63, 3.8) is 0 Å². The lowest BCUT2D eigenvalue weighted by molar-refractivity contribution is -0.208. The quantitative estimate of drug-likeness (QED) is 0.556. The Morgan fingerprint density at radius 1 is 1.09 bits per heavy atom. The average Bonchev–Trinajstić information content (AvgIpc) is 3.09. The van der Waals surface area contributed by atoms with Gasteiger partial charge >= 0.3 is 0 Å². The maximum Gasteiger partial charge on any atom is 0.206 e. The molecule has 0 unspecified atom stereocenters. The standard InChI is InChI=1S/C26H32O7/c1-22(2)15(28)9-16(29)24(4)19-14(27)10-23(3)13(12-6-7-32-11-12)8-17-26(23,33-17)25(19,5)21(31)18(30)20(22)24/h6-7,11,13-14,16-17,19,27,29-30H,8-10H2,1-5H3/t13-,14-,16-,17+,19+,23-,24+,25-,26+/m0/s1. The summed E-state index contributed by atoms with van der Waals surface area (Å²) >= 11 is 0. The predicted molar refractivity (Wildman–Crippen MR) is 116 cm³/mol. The number of furan rings is 1. The molecule has 1 saturated heterocycles. The van der Waals surface area contributed by atoms with E-state index in [9.17, 15) is 24.9 Å². The van der Waals surface area contributed by atoms with Crippen LogP contribution in [0.15, 0.2) is 34.3 Å². The highest BCUT2D eigenvalue weighted by atomic mass is 16.6. The van der Waals surface area contributed by atoms with Crippen molar-refractivity contribution in [2.75, 3.05) is 0 Å². The fraction of sp³-hybridized carbons (Fsp3) is 0.692. The van der Waals surface area contributed by atoms with E-state index >= 15 is 0 Å². The van der Waals surface area contributed by atoms with E-state index in [2.05, 4.69) is 6.92 Å². The molecule has 0 bridgehead atoms. The Morgan fingerprint density at radius 2 is 1.79 bits per heavy atom. The average molecular weight is 457 g/mol. The molecule has 0 radical (unpaired) electrons. The number of hydrogen-bond acceptors (Lipinski definition) is 7. The number of Topliss-reactive ketones (excluding diaryl/α,β-unsaturated/α-hetero) is 2. The van der Waals surface area contributed by atoms with E-state index in [1.54, 1.807) is 40.2 Å². The Bertz CT molecular complexity index is 1120. The summed E-state index contributed by atoms with van der Waals surface area (Å²) in [6.45, 7) is 9.06. The molecule has 9 atom stereocenters. The van der Waals surface area contributed by atoms with Gasteiger partial charge in [0.25, 0.3) is 0 Å². The van der Waals surface area contributed by atoms with E-state index in [0.29, 0.717) is 12.8 Å². The number of ether oxygens (including phenoxy) is 1. The van der Waals surface area contributed by atoms with Gasteiger partial charge in [-0.3, -0.25) is 9.59 Å². The van der Waals surface area contributed by atoms with E-state index in [-0.39, 0.29) is 29.8 Å². The van der Waals surface area contributed by atoms with Gasteiger partial charge < -0.3 is 24.5 Å². The summed E-state index contributed by atoms with van der Waals surface area (Å²) < 4.78 is 11.8. The highest BCUT2D eigenvalue weighted by molar-refractivity contribution is 6.04. The van der Waals surface area contributed by atoms with Crippen LogP contribution in [0.4, 0.5) is 0 Å². The summed E-state index contributed by atoms with van der Waals surface area (Å²) in [7, 11) is 0. The molecule has 3 N–H and O–H groups in total. The molecule has 3 saturated carbocycles. The fourth-order valence-corrected chi connectivity index (χ4v) is 9.33. The van der Waals surface area contributed by atoms with Crippen molar-refractivity contribution in [1.29, 1.82) is 0 Å². The maximum atomic E-state index is 14.1. The molecule has 4 fully saturated rings. The number of allylic oxidation sites excluding steroid dienone is 1.